The maximum atomic E-state index is 4.40. The molecule has 2 saturated carbocycles. The molecule has 0 saturated heterocycles. The van der Waals surface area contributed by atoms with Gasteiger partial charge in [-0.15, -0.1) is 0 Å². The highest BCUT2D eigenvalue weighted by molar-refractivity contribution is 8.06. The van der Waals surface area contributed by atoms with Crippen LogP contribution < -0.4 is 0 Å². The molecule has 2 rings (SSSR count). The van der Waals surface area contributed by atoms with Gasteiger partial charge in [-0.1, -0.05) is 44.5 Å². The van der Waals surface area contributed by atoms with Crippen LogP contribution in [0.4, 0.5) is 0 Å². The molecular weight excluding hydrogens is 332 g/mol. The van der Waals surface area contributed by atoms with Crippen LogP contribution in [0, 0.1) is 23.7 Å². The van der Waals surface area contributed by atoms with Gasteiger partial charge in [0.15, 0.2) is 24.4 Å². The number of thiol groups is 4. The van der Waals surface area contributed by atoms with Gasteiger partial charge in [0, 0.05) is 11.8 Å². The lowest BCUT2D eigenvalue weighted by Gasteiger charge is -2.28. The Kier molecular flexibility index (Phi) is 8.02. The molecule has 2 aliphatic rings. The molecule has 21 heavy (non-hydrogen) atoms. The molecule has 0 aromatic rings. The summed E-state index contributed by atoms with van der Waals surface area (Å²) in [5.74, 6) is 3.26. The third-order valence-corrected chi connectivity index (χ3v) is 7.11. The largest absolute Gasteiger partial charge is 0.232 e. The number of hydrogen-bond acceptors (Lipinski definition) is 0. The Bertz CT molecular complexity index is 316. The van der Waals surface area contributed by atoms with E-state index in [9.17, 15) is 0 Å². The summed E-state index contributed by atoms with van der Waals surface area (Å²) >= 11 is 17.6. The molecule has 0 aliphatic heterocycles. The molecule has 0 N–H and O–H groups in total. The Hall–Kier alpha value is 0.880. The molecule has 2 aliphatic carbocycles. The Labute approximate surface area is 152 Å². The van der Waals surface area contributed by atoms with Crippen LogP contribution in [-0.2, 0) is 24.4 Å². The molecule has 0 unspecified atom stereocenters. The topological polar surface area (TPSA) is 0 Å². The average molecular weight is 363 g/mol. The summed E-state index contributed by atoms with van der Waals surface area (Å²) in [5, 5.41) is 0. The van der Waals surface area contributed by atoms with E-state index in [2.05, 4.69) is 49.7 Å². The minimum Gasteiger partial charge on any atom is -0.0869 e. The second-order valence-electron chi connectivity index (χ2n) is 7.08. The fraction of sp³-hybridized carbons (Fsp3) is 0.882. The van der Waals surface area contributed by atoms with Crippen LogP contribution in [0.3, 0.4) is 0 Å². The highest BCUT2D eigenvalue weighted by atomic mass is 32.1. The van der Waals surface area contributed by atoms with Crippen molar-refractivity contribution in [1.82, 2.24) is 0 Å². The summed E-state index contributed by atoms with van der Waals surface area (Å²) in [7, 11) is 0. The molecule has 0 amide bonds. The lowest BCUT2D eigenvalue weighted by Crippen LogP contribution is -2.20. The third kappa shape index (κ3) is 6.12. The van der Waals surface area contributed by atoms with E-state index in [1.54, 1.807) is 0 Å². The lowest BCUT2D eigenvalue weighted by molar-refractivity contribution is 0.268. The van der Waals surface area contributed by atoms with Crippen LogP contribution in [0.25, 0.3) is 0 Å². The van der Waals surface area contributed by atoms with Gasteiger partial charge in [-0.2, -0.15) is 0 Å². The summed E-state index contributed by atoms with van der Waals surface area (Å²) in [5.41, 5.74) is 0. The highest BCUT2D eigenvalue weighted by Gasteiger charge is 2.27. The Morgan fingerprint density at radius 1 is 0.667 bits per heavy atom. The Morgan fingerprint density at radius 2 is 1.00 bits per heavy atom. The summed E-state index contributed by atoms with van der Waals surface area (Å²) < 4.78 is 2.10. The maximum absolute atomic E-state index is 4.40. The van der Waals surface area contributed by atoms with Crippen molar-refractivity contribution >= 4 is 58.1 Å². The van der Waals surface area contributed by atoms with E-state index < -0.39 is 0 Å². The Balaban J connectivity index is 1.57. The average Bonchev–Trinajstić information content (AvgIpc) is 2.48. The Morgan fingerprint density at radius 3 is 1.29 bits per heavy atom. The van der Waals surface area contributed by atoms with Crippen molar-refractivity contribution in [3.05, 3.63) is 0 Å². The van der Waals surface area contributed by atoms with E-state index >= 15 is 0 Å². The molecular formula is C17H30S4+2. The maximum Gasteiger partial charge on any atom is 0.232 e. The van der Waals surface area contributed by atoms with Gasteiger partial charge in [-0.25, -0.2) is 0 Å². The zero-order valence-electron chi connectivity index (χ0n) is 12.9. The molecule has 0 aromatic carbocycles. The van der Waals surface area contributed by atoms with E-state index in [-0.39, 0.29) is 0 Å². The van der Waals surface area contributed by atoms with Crippen LogP contribution >= 0.6 is 25.3 Å². The predicted octanol–water partition coefficient (Wildman–Crippen LogP) is 4.45. The van der Waals surface area contributed by atoms with Crippen molar-refractivity contribution < 1.29 is 0 Å². The van der Waals surface area contributed by atoms with Crippen molar-refractivity contribution in [3.63, 3.8) is 0 Å². The minimum absolute atomic E-state index is 0.663. The van der Waals surface area contributed by atoms with E-state index in [4.69, 9.17) is 0 Å². The minimum atomic E-state index is 0.663. The zero-order valence-corrected chi connectivity index (χ0v) is 16.5. The molecule has 0 heterocycles. The first kappa shape index (κ1) is 18.2. The van der Waals surface area contributed by atoms with Gasteiger partial charge in [0.2, 0.25) is 8.39 Å². The molecule has 4 heteroatoms. The molecule has 0 radical (unpaired) electrons. The van der Waals surface area contributed by atoms with Gasteiger partial charge >= 0.3 is 0 Å². The van der Waals surface area contributed by atoms with E-state index in [1.807, 2.05) is 0 Å². The monoisotopic (exact) mass is 362 g/mol. The van der Waals surface area contributed by atoms with Gasteiger partial charge in [0.05, 0.1) is 0 Å². The van der Waals surface area contributed by atoms with Crippen LogP contribution in [0.2, 0.25) is 0 Å². The molecule has 120 valence electrons. The molecule has 0 nitrogen and oxygen atoms in total. The lowest BCUT2D eigenvalue weighted by atomic mass is 9.77. The van der Waals surface area contributed by atoms with Crippen molar-refractivity contribution in [1.29, 1.82) is 0 Å². The molecule has 0 bridgehead atoms. The third-order valence-electron chi connectivity index (χ3n) is 5.65. The normalized spacial score (nSPS) is 33.6. The van der Waals surface area contributed by atoms with E-state index in [1.165, 1.54) is 70.6 Å². The SMILES string of the molecule is SC(=[SH+])C1CCC(CCCC2CCC(C(S)=[SH+])CC2)CC1. The molecule has 2 fully saturated rings. The fourth-order valence-corrected chi connectivity index (χ4v) is 5.15. The summed E-state index contributed by atoms with van der Waals surface area (Å²) in [6, 6.07) is 0. The van der Waals surface area contributed by atoms with Crippen LogP contribution in [0.5, 0.6) is 0 Å². The molecule has 0 atom stereocenters. The van der Waals surface area contributed by atoms with E-state index in [0.29, 0.717) is 11.8 Å². The van der Waals surface area contributed by atoms with Crippen molar-refractivity contribution in [2.75, 3.05) is 0 Å². The van der Waals surface area contributed by atoms with Crippen molar-refractivity contribution in [3.8, 4) is 0 Å². The summed E-state index contributed by atoms with van der Waals surface area (Å²) in [6.07, 6.45) is 15.1. The first-order valence-electron chi connectivity index (χ1n) is 8.55. The van der Waals surface area contributed by atoms with Gasteiger partial charge in [0.1, 0.15) is 0 Å². The standard InChI is InChI=1S/C17H28S4/c18-16(19)14-8-4-12(5-9-14)2-1-3-13-6-10-15(11-7-13)17(20)21/h12-15H,1-11H2,(H,18,19)(H,20,21)/p+2. The quantitative estimate of drug-likeness (QED) is 0.389. The smallest absolute Gasteiger partial charge is 0.0869 e. The molecule has 0 spiro atoms. The van der Waals surface area contributed by atoms with Gasteiger partial charge in [-0.3, -0.25) is 0 Å². The van der Waals surface area contributed by atoms with Crippen LogP contribution in [0.15, 0.2) is 0 Å². The van der Waals surface area contributed by atoms with Crippen LogP contribution in [-0.4, -0.2) is 8.39 Å². The van der Waals surface area contributed by atoms with Crippen molar-refractivity contribution in [2.24, 2.45) is 23.7 Å². The summed E-state index contributed by atoms with van der Waals surface area (Å²) in [6.45, 7) is 0. The van der Waals surface area contributed by atoms with E-state index in [0.717, 1.165) is 20.2 Å². The number of hydrogen-bond donors (Lipinski definition) is 2. The highest BCUT2D eigenvalue weighted by Crippen LogP contribution is 2.36. The predicted molar refractivity (Wildman–Crippen MR) is 110 cm³/mol. The van der Waals surface area contributed by atoms with Crippen LogP contribution in [0.1, 0.15) is 70.6 Å². The van der Waals surface area contributed by atoms with Gasteiger partial charge in [-0.05, 0) is 63.2 Å². The summed E-state index contributed by atoms with van der Waals surface area (Å²) in [4.78, 5) is 0. The second kappa shape index (κ2) is 9.24. The van der Waals surface area contributed by atoms with Crippen molar-refractivity contribution in [2.45, 2.75) is 70.6 Å². The number of rotatable bonds is 6. The van der Waals surface area contributed by atoms with Gasteiger partial charge < -0.3 is 0 Å². The molecule has 0 aromatic heterocycles. The second-order valence-corrected chi connectivity index (χ2v) is 9.72. The van der Waals surface area contributed by atoms with Gasteiger partial charge in [0.25, 0.3) is 0 Å². The fourth-order valence-electron chi connectivity index (χ4n) is 4.11. The first-order valence-corrected chi connectivity index (χ1v) is 10.3. The first-order chi connectivity index (χ1) is 10.1. The zero-order chi connectivity index (χ0) is 15.2.